The Kier molecular flexibility index (Phi) is 4.79. The fourth-order valence-electron chi connectivity index (χ4n) is 1.17. The van der Waals surface area contributed by atoms with Crippen molar-refractivity contribution < 1.29 is 19.5 Å². The molecule has 1 aromatic rings. The van der Waals surface area contributed by atoms with Crippen LogP contribution in [-0.2, 0) is 4.79 Å². The predicted molar refractivity (Wildman–Crippen MR) is 62.2 cm³/mol. The van der Waals surface area contributed by atoms with E-state index in [1.807, 2.05) is 0 Å². The Morgan fingerprint density at radius 3 is 2.39 bits per heavy atom. The number of carboxylic acid groups (broad SMARTS) is 1. The molecule has 0 fully saturated rings. The van der Waals surface area contributed by atoms with Gasteiger partial charge in [-0.2, -0.15) is 0 Å². The van der Waals surface area contributed by atoms with Crippen LogP contribution in [0.15, 0.2) is 18.3 Å². The maximum absolute atomic E-state index is 11.6. The zero-order chi connectivity index (χ0) is 13.5. The van der Waals surface area contributed by atoms with Crippen LogP contribution >= 0.6 is 0 Å². The molecule has 0 aliphatic heterocycles. The van der Waals surface area contributed by atoms with Gasteiger partial charge in [-0.15, -0.1) is 0 Å². The molecule has 0 unspecified atom stereocenters. The minimum absolute atomic E-state index is 0.121. The van der Waals surface area contributed by atoms with Gasteiger partial charge < -0.3 is 15.7 Å². The summed E-state index contributed by atoms with van der Waals surface area (Å²) < 4.78 is 0. The van der Waals surface area contributed by atoms with Crippen molar-refractivity contribution in [2.24, 2.45) is 0 Å². The normalized spacial score (nSPS) is 9.61. The van der Waals surface area contributed by atoms with Gasteiger partial charge in [0.1, 0.15) is 5.69 Å². The lowest BCUT2D eigenvalue weighted by Crippen LogP contribution is -2.33. The summed E-state index contributed by atoms with van der Waals surface area (Å²) in [7, 11) is 0. The van der Waals surface area contributed by atoms with E-state index in [1.165, 1.54) is 25.3 Å². The van der Waals surface area contributed by atoms with Gasteiger partial charge >= 0.3 is 5.97 Å². The monoisotopic (exact) mass is 251 g/mol. The highest BCUT2D eigenvalue weighted by Gasteiger charge is 2.08. The third-order valence-electron chi connectivity index (χ3n) is 2.03. The molecule has 1 heterocycles. The number of nitrogens with one attached hydrogen (secondary N) is 2. The van der Waals surface area contributed by atoms with E-state index in [9.17, 15) is 14.4 Å². The number of aromatic carboxylic acids is 1. The first-order valence-electron chi connectivity index (χ1n) is 5.22. The smallest absolute Gasteiger partial charge is 0.354 e. The van der Waals surface area contributed by atoms with Crippen molar-refractivity contribution in [3.63, 3.8) is 0 Å². The van der Waals surface area contributed by atoms with Crippen molar-refractivity contribution in [1.29, 1.82) is 0 Å². The minimum Gasteiger partial charge on any atom is -0.477 e. The molecule has 0 saturated heterocycles. The number of carbonyl (C=O) groups excluding carboxylic acids is 2. The minimum atomic E-state index is -1.15. The van der Waals surface area contributed by atoms with Crippen molar-refractivity contribution in [1.82, 2.24) is 15.6 Å². The molecular formula is C11H13N3O4. The summed E-state index contributed by atoms with van der Waals surface area (Å²) in [5, 5.41) is 13.7. The number of nitrogens with zero attached hydrogens (tertiary/aromatic N) is 1. The number of hydrogen-bond donors (Lipinski definition) is 3. The summed E-state index contributed by atoms with van der Waals surface area (Å²) in [4.78, 5) is 36.3. The van der Waals surface area contributed by atoms with Crippen molar-refractivity contribution in [2.75, 3.05) is 13.1 Å². The number of amides is 2. The lowest BCUT2D eigenvalue weighted by atomic mass is 10.2. The van der Waals surface area contributed by atoms with Crippen LogP contribution in [0.2, 0.25) is 0 Å². The quantitative estimate of drug-likeness (QED) is 0.619. The van der Waals surface area contributed by atoms with Crippen LogP contribution in [0.25, 0.3) is 0 Å². The van der Waals surface area contributed by atoms with Crippen LogP contribution in [0.1, 0.15) is 27.8 Å². The molecule has 3 N–H and O–H groups in total. The van der Waals surface area contributed by atoms with E-state index < -0.39 is 5.97 Å². The molecule has 96 valence electrons. The van der Waals surface area contributed by atoms with Crippen molar-refractivity contribution in [3.8, 4) is 0 Å². The van der Waals surface area contributed by atoms with E-state index in [4.69, 9.17) is 5.11 Å². The molecule has 0 aliphatic rings. The summed E-state index contributed by atoms with van der Waals surface area (Å²) >= 11 is 0. The van der Waals surface area contributed by atoms with Crippen molar-refractivity contribution in [2.45, 2.75) is 6.92 Å². The van der Waals surface area contributed by atoms with Gasteiger partial charge in [0.2, 0.25) is 5.91 Å². The standard InChI is InChI=1S/C11H13N3O4/c1-7(15)12-4-5-13-10(16)8-2-3-9(11(17)18)14-6-8/h2-3,6H,4-5H2,1H3,(H,12,15)(H,13,16)(H,17,18). The molecule has 0 aromatic carbocycles. The topological polar surface area (TPSA) is 108 Å². The number of rotatable bonds is 5. The molecule has 0 saturated carbocycles. The zero-order valence-corrected chi connectivity index (χ0v) is 9.77. The second-order valence-electron chi connectivity index (χ2n) is 3.48. The summed E-state index contributed by atoms with van der Waals surface area (Å²) in [6, 6.07) is 2.63. The average molecular weight is 251 g/mol. The Balaban J connectivity index is 2.46. The predicted octanol–water partition coefficient (Wildman–Crippen LogP) is -0.354. The van der Waals surface area contributed by atoms with Crippen molar-refractivity contribution >= 4 is 17.8 Å². The van der Waals surface area contributed by atoms with Crippen LogP contribution in [0.4, 0.5) is 0 Å². The Labute approximate surface area is 103 Å². The van der Waals surface area contributed by atoms with E-state index in [1.54, 1.807) is 0 Å². The highest BCUT2D eigenvalue weighted by Crippen LogP contribution is 2.00. The first-order chi connectivity index (χ1) is 8.50. The SMILES string of the molecule is CC(=O)NCCNC(=O)c1ccc(C(=O)O)nc1. The largest absolute Gasteiger partial charge is 0.477 e. The molecule has 7 nitrogen and oxygen atoms in total. The summed E-state index contributed by atoms with van der Waals surface area (Å²) in [6.45, 7) is 2.01. The highest BCUT2D eigenvalue weighted by atomic mass is 16.4. The third kappa shape index (κ3) is 4.20. The van der Waals surface area contributed by atoms with Crippen LogP contribution in [-0.4, -0.2) is 41.0 Å². The Morgan fingerprint density at radius 1 is 1.22 bits per heavy atom. The van der Waals surface area contributed by atoms with Crippen LogP contribution in [0.3, 0.4) is 0 Å². The van der Waals surface area contributed by atoms with E-state index in [-0.39, 0.29) is 23.1 Å². The molecule has 0 spiro atoms. The molecule has 7 heteroatoms. The van der Waals surface area contributed by atoms with Crippen LogP contribution in [0, 0.1) is 0 Å². The number of carboxylic acids is 1. The Hall–Kier alpha value is -2.44. The molecule has 1 aromatic heterocycles. The van der Waals surface area contributed by atoms with Gasteiger partial charge in [-0.25, -0.2) is 9.78 Å². The second-order valence-corrected chi connectivity index (χ2v) is 3.48. The molecule has 18 heavy (non-hydrogen) atoms. The van der Waals surface area contributed by atoms with Gasteiger partial charge in [0.05, 0.1) is 5.56 Å². The molecule has 0 radical (unpaired) electrons. The van der Waals surface area contributed by atoms with Gasteiger partial charge in [-0.1, -0.05) is 0 Å². The molecule has 1 rings (SSSR count). The maximum atomic E-state index is 11.6. The van der Waals surface area contributed by atoms with E-state index in [2.05, 4.69) is 15.6 Å². The van der Waals surface area contributed by atoms with Crippen molar-refractivity contribution in [3.05, 3.63) is 29.6 Å². The molecule has 0 atom stereocenters. The van der Waals surface area contributed by atoms with Gasteiger partial charge in [0.15, 0.2) is 0 Å². The molecule has 0 bridgehead atoms. The first kappa shape index (κ1) is 13.6. The Bertz CT molecular complexity index is 456. The van der Waals surface area contributed by atoms with Gasteiger partial charge in [-0.3, -0.25) is 9.59 Å². The second kappa shape index (κ2) is 6.33. The van der Waals surface area contributed by atoms with Gasteiger partial charge in [0, 0.05) is 26.2 Å². The zero-order valence-electron chi connectivity index (χ0n) is 9.77. The number of hydrogen-bond acceptors (Lipinski definition) is 4. The third-order valence-corrected chi connectivity index (χ3v) is 2.03. The number of aromatic nitrogens is 1. The fourth-order valence-corrected chi connectivity index (χ4v) is 1.17. The van der Waals surface area contributed by atoms with E-state index >= 15 is 0 Å². The lowest BCUT2D eigenvalue weighted by molar-refractivity contribution is -0.118. The summed E-state index contributed by atoms with van der Waals surface area (Å²) in [6.07, 6.45) is 1.19. The average Bonchev–Trinajstić information content (AvgIpc) is 2.34. The fraction of sp³-hybridized carbons (Fsp3) is 0.273. The molecular weight excluding hydrogens is 238 g/mol. The lowest BCUT2D eigenvalue weighted by Gasteiger charge is -2.05. The van der Waals surface area contributed by atoms with E-state index in [0.717, 1.165) is 0 Å². The summed E-state index contributed by atoms with van der Waals surface area (Å²) in [5.41, 5.74) is 0.146. The van der Waals surface area contributed by atoms with Gasteiger partial charge in [-0.05, 0) is 12.1 Å². The van der Waals surface area contributed by atoms with Crippen LogP contribution in [0.5, 0.6) is 0 Å². The molecule has 2 amide bonds. The number of carbonyl (C=O) groups is 3. The van der Waals surface area contributed by atoms with Gasteiger partial charge in [0.25, 0.3) is 5.91 Å². The first-order valence-corrected chi connectivity index (χ1v) is 5.22. The molecule has 0 aliphatic carbocycles. The van der Waals surface area contributed by atoms with E-state index in [0.29, 0.717) is 13.1 Å². The van der Waals surface area contributed by atoms with Crippen LogP contribution < -0.4 is 10.6 Å². The Morgan fingerprint density at radius 2 is 1.89 bits per heavy atom. The highest BCUT2D eigenvalue weighted by molar-refractivity contribution is 5.94. The maximum Gasteiger partial charge on any atom is 0.354 e. The summed E-state index contributed by atoms with van der Waals surface area (Å²) in [5.74, 6) is -1.69. The number of pyridine rings is 1.